The molecule has 0 spiro atoms. The van der Waals surface area contributed by atoms with Gasteiger partial charge in [0.2, 0.25) is 0 Å². The maximum absolute atomic E-state index is 13.9. The van der Waals surface area contributed by atoms with Gasteiger partial charge in [-0.3, -0.25) is 0 Å². The van der Waals surface area contributed by atoms with E-state index < -0.39 is 67.8 Å². The minimum atomic E-state index is -3.73. The fraction of sp³-hybridized carbons (Fsp3) is 0.773. The van der Waals surface area contributed by atoms with Crippen LogP contribution in [0.2, 0.25) is 0 Å². The molecule has 32 heavy (non-hydrogen) atoms. The van der Waals surface area contributed by atoms with Gasteiger partial charge in [-0.1, -0.05) is 40.2 Å². The van der Waals surface area contributed by atoms with E-state index in [4.69, 9.17) is 14.2 Å². The van der Waals surface area contributed by atoms with Crippen LogP contribution in [0.4, 0.5) is 17.6 Å². The van der Waals surface area contributed by atoms with Gasteiger partial charge < -0.3 is 14.2 Å². The molecule has 0 amide bonds. The van der Waals surface area contributed by atoms with Gasteiger partial charge in [0.15, 0.2) is 0 Å². The average Bonchev–Trinajstić information content (AvgIpc) is 2.75. The molecule has 0 aromatic carbocycles. The van der Waals surface area contributed by atoms with E-state index in [1.54, 1.807) is 13.8 Å². The highest BCUT2D eigenvalue weighted by Gasteiger charge is 2.44. The number of unbranched alkanes of at least 4 members (excludes halogenated alkanes) is 2. The van der Waals surface area contributed by atoms with Crippen molar-refractivity contribution < 1.29 is 46.2 Å². The molecule has 0 aliphatic rings. The Labute approximate surface area is 186 Å². The van der Waals surface area contributed by atoms with Crippen LogP contribution in [0.25, 0.3) is 0 Å². The van der Waals surface area contributed by atoms with Crippen molar-refractivity contribution in [2.24, 2.45) is 5.41 Å². The van der Waals surface area contributed by atoms with Crippen molar-refractivity contribution in [2.75, 3.05) is 19.8 Å². The zero-order chi connectivity index (χ0) is 25.0. The molecule has 0 bridgehead atoms. The van der Waals surface area contributed by atoms with Crippen LogP contribution in [-0.2, 0) is 28.6 Å². The Kier molecular flexibility index (Phi) is 12.5. The number of hydrogen-bond donors (Lipinski definition) is 0. The summed E-state index contributed by atoms with van der Waals surface area (Å²) in [6, 6.07) is 0. The summed E-state index contributed by atoms with van der Waals surface area (Å²) in [5.74, 6) is -11.8. The number of esters is 3. The van der Waals surface area contributed by atoms with Crippen molar-refractivity contribution in [3.8, 4) is 0 Å². The first-order valence-corrected chi connectivity index (χ1v) is 10.7. The molecule has 6 nitrogen and oxygen atoms in total. The van der Waals surface area contributed by atoms with Gasteiger partial charge in [-0.2, -0.15) is 17.6 Å². The molecule has 0 fully saturated rings. The Morgan fingerprint density at radius 3 is 1.44 bits per heavy atom. The van der Waals surface area contributed by atoms with E-state index >= 15 is 0 Å². The fourth-order valence-electron chi connectivity index (χ4n) is 2.42. The van der Waals surface area contributed by atoms with Gasteiger partial charge in [-0.15, -0.1) is 0 Å². The minimum absolute atomic E-state index is 0.0120. The minimum Gasteiger partial charge on any atom is -0.461 e. The highest BCUT2D eigenvalue weighted by atomic mass is 19.3. The highest BCUT2D eigenvalue weighted by molar-refractivity contribution is 5.87. The maximum atomic E-state index is 13.9. The van der Waals surface area contributed by atoms with Crippen LogP contribution in [0.15, 0.2) is 12.2 Å². The molecule has 0 heterocycles. The normalized spacial score (nSPS) is 12.2. The number of carbonyl (C=O) groups is 3. The predicted octanol–water partition coefficient (Wildman–Crippen LogP) is 5.24. The second kappa shape index (κ2) is 13.4. The van der Waals surface area contributed by atoms with Crippen molar-refractivity contribution in [1.82, 2.24) is 0 Å². The highest BCUT2D eigenvalue weighted by Crippen LogP contribution is 2.30. The topological polar surface area (TPSA) is 78.9 Å². The molecule has 10 heteroatoms. The lowest BCUT2D eigenvalue weighted by atomic mass is 9.88. The van der Waals surface area contributed by atoms with Crippen molar-refractivity contribution in [3.63, 3.8) is 0 Å². The van der Waals surface area contributed by atoms with E-state index in [0.717, 1.165) is 0 Å². The van der Waals surface area contributed by atoms with Gasteiger partial charge in [0.25, 0.3) is 0 Å². The van der Waals surface area contributed by atoms with Gasteiger partial charge in [0.05, 0.1) is 5.41 Å². The SMILES string of the molecule is C=C(C)C(=O)OCC(CC)(COC(=O)C(F)(F)CCCC)COC(=O)C(F)(F)CCCC. The van der Waals surface area contributed by atoms with E-state index in [-0.39, 0.29) is 24.8 Å². The molecule has 0 aliphatic carbocycles. The number of hydrogen-bond acceptors (Lipinski definition) is 6. The van der Waals surface area contributed by atoms with Crippen LogP contribution >= 0.6 is 0 Å². The van der Waals surface area contributed by atoms with Gasteiger partial charge >= 0.3 is 29.8 Å². The van der Waals surface area contributed by atoms with E-state index in [1.165, 1.54) is 13.8 Å². The van der Waals surface area contributed by atoms with Crippen LogP contribution in [0.1, 0.15) is 72.6 Å². The molecular formula is C22H34F4O6. The third kappa shape index (κ3) is 9.99. The predicted molar refractivity (Wildman–Crippen MR) is 109 cm³/mol. The van der Waals surface area contributed by atoms with Crippen LogP contribution in [0, 0.1) is 5.41 Å². The molecule has 0 radical (unpaired) electrons. The summed E-state index contributed by atoms with van der Waals surface area (Å²) in [5, 5.41) is 0. The molecule has 0 saturated carbocycles. The van der Waals surface area contributed by atoms with Gasteiger partial charge in [-0.25, -0.2) is 14.4 Å². The van der Waals surface area contributed by atoms with Crippen molar-refractivity contribution in [1.29, 1.82) is 0 Å². The lowest BCUT2D eigenvalue weighted by Gasteiger charge is -2.32. The molecule has 0 atom stereocenters. The third-order valence-electron chi connectivity index (χ3n) is 4.91. The number of rotatable bonds is 16. The van der Waals surface area contributed by atoms with Gasteiger partial charge in [-0.05, 0) is 26.2 Å². The molecule has 0 saturated heterocycles. The molecule has 0 unspecified atom stereocenters. The summed E-state index contributed by atoms with van der Waals surface area (Å²) >= 11 is 0. The Hall–Kier alpha value is -2.13. The smallest absolute Gasteiger partial charge is 0.376 e. The maximum Gasteiger partial charge on any atom is 0.376 e. The second-order valence-electron chi connectivity index (χ2n) is 7.98. The summed E-state index contributed by atoms with van der Waals surface area (Å²) in [6.07, 6.45) is -0.307. The molecule has 186 valence electrons. The third-order valence-corrected chi connectivity index (χ3v) is 4.91. The molecule has 0 aliphatic heterocycles. The van der Waals surface area contributed by atoms with Gasteiger partial charge in [0.1, 0.15) is 19.8 Å². The summed E-state index contributed by atoms with van der Waals surface area (Å²) < 4.78 is 70.3. The molecular weight excluding hydrogens is 436 g/mol. The van der Waals surface area contributed by atoms with Gasteiger partial charge in [0, 0.05) is 18.4 Å². The number of halogens is 4. The van der Waals surface area contributed by atoms with E-state index in [1.807, 2.05) is 0 Å². The van der Waals surface area contributed by atoms with Crippen molar-refractivity contribution >= 4 is 17.9 Å². The lowest BCUT2D eigenvalue weighted by Crippen LogP contribution is -2.43. The molecule has 0 aromatic heterocycles. The Morgan fingerprint density at radius 1 is 0.750 bits per heavy atom. The number of carbonyl (C=O) groups excluding carboxylic acids is 3. The van der Waals surface area contributed by atoms with Crippen LogP contribution in [-0.4, -0.2) is 49.6 Å². The average molecular weight is 471 g/mol. The standard InChI is InChI=1S/C22H34F4O6/c1-6-9-11-21(23,24)18(28)31-14-20(8-3,13-30-17(27)16(4)5)15-32-19(29)22(25,26)12-10-7-2/h4,6-15H2,1-3,5H3. The van der Waals surface area contributed by atoms with Crippen molar-refractivity contribution in [2.45, 2.75) is 84.5 Å². The molecule has 0 rings (SSSR count). The Bertz CT molecular complexity index is 612. The zero-order valence-corrected chi connectivity index (χ0v) is 19.2. The number of ether oxygens (including phenoxy) is 3. The Morgan fingerprint density at radius 2 is 1.12 bits per heavy atom. The first kappa shape index (κ1) is 29.9. The molecule has 0 N–H and O–H groups in total. The Balaban J connectivity index is 5.41. The van der Waals surface area contributed by atoms with Crippen LogP contribution in [0.5, 0.6) is 0 Å². The number of alkyl halides is 4. The lowest BCUT2D eigenvalue weighted by molar-refractivity contribution is -0.187. The fourth-order valence-corrected chi connectivity index (χ4v) is 2.42. The van der Waals surface area contributed by atoms with E-state index in [0.29, 0.717) is 12.8 Å². The first-order chi connectivity index (χ1) is 14.8. The zero-order valence-electron chi connectivity index (χ0n) is 19.2. The largest absolute Gasteiger partial charge is 0.461 e. The van der Waals surface area contributed by atoms with Crippen LogP contribution < -0.4 is 0 Å². The second-order valence-corrected chi connectivity index (χ2v) is 7.98. The van der Waals surface area contributed by atoms with E-state index in [9.17, 15) is 31.9 Å². The summed E-state index contributed by atoms with van der Waals surface area (Å²) in [6.45, 7) is 7.72. The monoisotopic (exact) mass is 470 g/mol. The van der Waals surface area contributed by atoms with Crippen molar-refractivity contribution in [3.05, 3.63) is 12.2 Å². The first-order valence-electron chi connectivity index (χ1n) is 10.7. The summed E-state index contributed by atoms with van der Waals surface area (Å²) in [5.41, 5.74) is -1.45. The molecule has 0 aromatic rings. The quantitative estimate of drug-likeness (QED) is 0.133. The van der Waals surface area contributed by atoms with Crippen LogP contribution in [0.3, 0.4) is 0 Å². The summed E-state index contributed by atoms with van der Waals surface area (Å²) in [7, 11) is 0. The van der Waals surface area contributed by atoms with E-state index in [2.05, 4.69) is 6.58 Å². The summed E-state index contributed by atoms with van der Waals surface area (Å²) in [4.78, 5) is 35.5.